The van der Waals surface area contributed by atoms with Gasteiger partial charge < -0.3 is 9.15 Å². The number of esters is 1. The predicted octanol–water partition coefficient (Wildman–Crippen LogP) is 3.03. The maximum Gasteiger partial charge on any atom is 0.373 e. The molecule has 0 N–H and O–H groups in total. The molecule has 22 heavy (non-hydrogen) atoms. The lowest BCUT2D eigenvalue weighted by molar-refractivity contribution is 0.0561. The van der Waals surface area contributed by atoms with Crippen LogP contribution in [0.15, 0.2) is 16.5 Å². The summed E-state index contributed by atoms with van der Waals surface area (Å²) in [7, 11) is 3.38. The number of nitrogens with zero attached hydrogens (tertiary/aromatic N) is 2. The summed E-state index contributed by atoms with van der Waals surface area (Å²) < 4.78 is 10.1. The molecule has 2 aromatic rings. The predicted molar refractivity (Wildman–Crippen MR) is 84.0 cm³/mol. The van der Waals surface area contributed by atoms with Gasteiger partial charge in [0.2, 0.25) is 5.76 Å². The number of methoxy groups -OCH3 is 1. The molecule has 0 fully saturated rings. The smallest absolute Gasteiger partial charge is 0.373 e. The topological polar surface area (TPSA) is 55.6 Å². The summed E-state index contributed by atoms with van der Waals surface area (Å²) in [5.41, 5.74) is 1.30. The van der Waals surface area contributed by atoms with Gasteiger partial charge in [-0.3, -0.25) is 4.90 Å². The fourth-order valence-corrected chi connectivity index (χ4v) is 3.94. The van der Waals surface area contributed by atoms with Crippen LogP contribution in [0.25, 0.3) is 0 Å². The molecule has 0 atom stereocenters. The molecule has 1 aliphatic rings. The van der Waals surface area contributed by atoms with E-state index in [4.69, 9.17) is 9.40 Å². The number of rotatable bonds is 5. The number of carbonyl (C=O) groups excluding carboxylic acids is 1. The highest BCUT2D eigenvalue weighted by atomic mass is 32.1. The maximum absolute atomic E-state index is 11.4. The van der Waals surface area contributed by atoms with Crippen molar-refractivity contribution in [2.45, 2.75) is 38.8 Å². The van der Waals surface area contributed by atoms with Crippen molar-refractivity contribution in [1.82, 2.24) is 9.88 Å². The first-order valence-electron chi connectivity index (χ1n) is 7.48. The van der Waals surface area contributed by atoms with Crippen LogP contribution >= 0.6 is 11.3 Å². The Morgan fingerprint density at radius 1 is 1.36 bits per heavy atom. The first kappa shape index (κ1) is 15.2. The van der Waals surface area contributed by atoms with Gasteiger partial charge in [-0.15, -0.1) is 11.3 Å². The molecular formula is C16H20N2O3S. The van der Waals surface area contributed by atoms with Crippen LogP contribution in [0.3, 0.4) is 0 Å². The zero-order valence-corrected chi connectivity index (χ0v) is 13.7. The zero-order chi connectivity index (χ0) is 15.5. The molecular weight excluding hydrogens is 300 g/mol. The Morgan fingerprint density at radius 3 is 2.95 bits per heavy atom. The van der Waals surface area contributed by atoms with E-state index >= 15 is 0 Å². The number of thiazole rings is 1. The van der Waals surface area contributed by atoms with E-state index in [0.29, 0.717) is 6.54 Å². The molecule has 118 valence electrons. The summed E-state index contributed by atoms with van der Waals surface area (Å²) in [6.07, 6.45) is 4.84. The first-order valence-corrected chi connectivity index (χ1v) is 8.30. The van der Waals surface area contributed by atoms with Crippen molar-refractivity contribution >= 4 is 17.3 Å². The van der Waals surface area contributed by atoms with Crippen molar-refractivity contribution < 1.29 is 13.9 Å². The van der Waals surface area contributed by atoms with Gasteiger partial charge in [0.05, 0.1) is 25.9 Å². The summed E-state index contributed by atoms with van der Waals surface area (Å²) in [5.74, 6) is 0.557. The maximum atomic E-state index is 11.4. The molecule has 0 saturated carbocycles. The number of ether oxygens (including phenoxy) is 1. The van der Waals surface area contributed by atoms with Crippen molar-refractivity contribution in [3.8, 4) is 0 Å². The Balaban J connectivity index is 1.60. The molecule has 2 heterocycles. The summed E-state index contributed by atoms with van der Waals surface area (Å²) in [4.78, 5) is 19.7. The fraction of sp³-hybridized carbons (Fsp3) is 0.500. The van der Waals surface area contributed by atoms with Crippen molar-refractivity contribution in [2.75, 3.05) is 14.2 Å². The summed E-state index contributed by atoms with van der Waals surface area (Å²) in [6.45, 7) is 1.44. The Morgan fingerprint density at radius 2 is 2.18 bits per heavy atom. The van der Waals surface area contributed by atoms with Crippen LogP contribution in [-0.2, 0) is 30.7 Å². The lowest BCUT2D eigenvalue weighted by atomic mass is 10.0. The van der Waals surface area contributed by atoms with E-state index in [-0.39, 0.29) is 5.76 Å². The van der Waals surface area contributed by atoms with E-state index in [1.54, 1.807) is 6.07 Å². The molecule has 1 aliphatic carbocycles. The number of fused-ring (bicyclic) bond motifs is 1. The standard InChI is InChI=1S/C16H20N2O3S/c1-18(9-11-7-8-13(21-11)16(19)20-2)10-15-17-12-5-3-4-6-14(12)22-15/h7-8H,3-6,9-10H2,1-2H3. The third-order valence-electron chi connectivity index (χ3n) is 3.77. The molecule has 0 aliphatic heterocycles. The van der Waals surface area contributed by atoms with Gasteiger partial charge in [0, 0.05) is 4.88 Å². The van der Waals surface area contributed by atoms with Gasteiger partial charge >= 0.3 is 5.97 Å². The van der Waals surface area contributed by atoms with Gasteiger partial charge in [-0.2, -0.15) is 0 Å². The third kappa shape index (κ3) is 3.39. The molecule has 0 saturated heterocycles. The molecule has 0 bridgehead atoms. The summed E-state index contributed by atoms with van der Waals surface area (Å²) in [6, 6.07) is 3.47. The zero-order valence-electron chi connectivity index (χ0n) is 12.9. The molecule has 0 radical (unpaired) electrons. The van der Waals surface area contributed by atoms with Gasteiger partial charge in [0.1, 0.15) is 10.8 Å². The van der Waals surface area contributed by atoms with Crippen LogP contribution in [0.1, 0.15) is 44.7 Å². The molecule has 0 amide bonds. The molecule has 2 aromatic heterocycles. The van der Waals surface area contributed by atoms with Crippen LogP contribution in [0.5, 0.6) is 0 Å². The number of aromatic nitrogens is 1. The van der Waals surface area contributed by atoms with E-state index in [9.17, 15) is 4.79 Å². The second-order valence-electron chi connectivity index (χ2n) is 5.61. The van der Waals surface area contributed by atoms with Gasteiger partial charge in [-0.25, -0.2) is 9.78 Å². The number of aryl methyl sites for hydroxylation is 2. The Kier molecular flexibility index (Phi) is 4.59. The Bertz CT molecular complexity index is 639. The molecule has 5 nitrogen and oxygen atoms in total. The highest BCUT2D eigenvalue weighted by Crippen LogP contribution is 2.27. The second kappa shape index (κ2) is 6.62. The Labute approximate surface area is 133 Å². The lowest BCUT2D eigenvalue weighted by Crippen LogP contribution is -2.16. The molecule has 3 rings (SSSR count). The average Bonchev–Trinajstić information content (AvgIpc) is 3.12. The largest absolute Gasteiger partial charge is 0.463 e. The monoisotopic (exact) mass is 320 g/mol. The number of hydrogen-bond donors (Lipinski definition) is 0. The molecule has 0 spiro atoms. The summed E-state index contributed by atoms with van der Waals surface area (Å²) in [5, 5.41) is 1.16. The molecule has 0 unspecified atom stereocenters. The van der Waals surface area contributed by atoms with E-state index in [0.717, 1.165) is 23.7 Å². The van der Waals surface area contributed by atoms with Gasteiger partial charge in [0.25, 0.3) is 0 Å². The van der Waals surface area contributed by atoms with Crippen molar-refractivity contribution in [3.05, 3.63) is 39.2 Å². The molecule has 0 aromatic carbocycles. The van der Waals surface area contributed by atoms with Crippen LogP contribution in [0.2, 0.25) is 0 Å². The van der Waals surface area contributed by atoms with Crippen molar-refractivity contribution in [2.24, 2.45) is 0 Å². The van der Waals surface area contributed by atoms with Crippen LogP contribution in [0.4, 0.5) is 0 Å². The minimum absolute atomic E-state index is 0.246. The van der Waals surface area contributed by atoms with Crippen molar-refractivity contribution in [1.29, 1.82) is 0 Å². The quantitative estimate of drug-likeness (QED) is 0.793. The first-order chi connectivity index (χ1) is 10.7. The van der Waals surface area contributed by atoms with Crippen molar-refractivity contribution in [3.63, 3.8) is 0 Å². The summed E-state index contributed by atoms with van der Waals surface area (Å²) >= 11 is 1.83. The third-order valence-corrected chi connectivity index (χ3v) is 4.91. The van der Waals surface area contributed by atoms with Gasteiger partial charge in [-0.05, 0) is 44.9 Å². The molecule has 6 heteroatoms. The van der Waals surface area contributed by atoms with E-state index in [1.807, 2.05) is 24.5 Å². The second-order valence-corrected chi connectivity index (χ2v) is 6.78. The van der Waals surface area contributed by atoms with Crippen LogP contribution < -0.4 is 0 Å². The SMILES string of the molecule is COC(=O)c1ccc(CN(C)Cc2nc3c(s2)CCCC3)o1. The number of carbonyl (C=O) groups is 1. The minimum Gasteiger partial charge on any atom is -0.463 e. The van der Waals surface area contributed by atoms with Crippen LogP contribution in [-0.4, -0.2) is 30.0 Å². The fourth-order valence-electron chi connectivity index (χ4n) is 2.70. The average molecular weight is 320 g/mol. The van der Waals surface area contributed by atoms with E-state index < -0.39 is 5.97 Å². The highest BCUT2D eigenvalue weighted by molar-refractivity contribution is 7.11. The number of furan rings is 1. The van der Waals surface area contributed by atoms with Gasteiger partial charge in [-0.1, -0.05) is 0 Å². The van der Waals surface area contributed by atoms with Crippen LogP contribution in [0, 0.1) is 0 Å². The van der Waals surface area contributed by atoms with E-state index in [1.165, 1.54) is 36.9 Å². The van der Waals surface area contributed by atoms with Gasteiger partial charge in [0.15, 0.2) is 0 Å². The highest BCUT2D eigenvalue weighted by Gasteiger charge is 2.17. The normalized spacial score (nSPS) is 14.1. The lowest BCUT2D eigenvalue weighted by Gasteiger charge is -2.12. The minimum atomic E-state index is -0.443. The number of hydrogen-bond acceptors (Lipinski definition) is 6. The Hall–Kier alpha value is -1.66. The van der Waals surface area contributed by atoms with E-state index in [2.05, 4.69) is 9.64 Å².